The minimum atomic E-state index is -3.51. The maximum absolute atomic E-state index is 11.4. The highest BCUT2D eigenvalue weighted by Gasteiger charge is 2.12. The third-order valence-electron chi connectivity index (χ3n) is 1.93. The van der Waals surface area contributed by atoms with Crippen LogP contribution in [-0.4, -0.2) is 68.9 Å². The minimum Gasteiger partial charge on any atom is -0.382 e. The Morgan fingerprint density at radius 1 is 0.944 bits per heavy atom. The van der Waals surface area contributed by atoms with Gasteiger partial charge in [-0.25, -0.2) is 26.3 Å². The van der Waals surface area contributed by atoms with Gasteiger partial charge < -0.3 is 9.47 Å². The number of methoxy groups -OCH3 is 1. The van der Waals surface area contributed by atoms with Crippen LogP contribution in [0.15, 0.2) is 0 Å². The Hall–Kier alpha value is -0.260. The van der Waals surface area contributed by atoms with Gasteiger partial charge in [0.25, 0.3) is 0 Å². The van der Waals surface area contributed by atoms with Crippen LogP contribution in [0.4, 0.5) is 0 Å². The van der Waals surface area contributed by atoms with Gasteiger partial charge in [0.2, 0.25) is 20.0 Å². The third kappa shape index (κ3) is 9.74. The zero-order chi connectivity index (χ0) is 14.1. The zero-order valence-electron chi connectivity index (χ0n) is 10.5. The smallest absolute Gasteiger partial charge is 0.213 e. The van der Waals surface area contributed by atoms with Crippen molar-refractivity contribution in [1.29, 1.82) is 0 Å². The molecule has 0 saturated heterocycles. The Bertz CT molecular complexity index is 405. The molecule has 0 heterocycles. The Morgan fingerprint density at radius 2 is 1.61 bits per heavy atom. The van der Waals surface area contributed by atoms with Crippen LogP contribution in [0.5, 0.6) is 0 Å². The van der Waals surface area contributed by atoms with Crippen molar-refractivity contribution in [3.8, 4) is 0 Å². The van der Waals surface area contributed by atoms with Crippen LogP contribution >= 0.6 is 0 Å². The van der Waals surface area contributed by atoms with Gasteiger partial charge in [0, 0.05) is 13.7 Å². The van der Waals surface area contributed by atoms with Crippen molar-refractivity contribution in [2.75, 3.05) is 52.0 Å². The Morgan fingerprint density at radius 3 is 2.17 bits per heavy atom. The average Bonchev–Trinajstić information content (AvgIpc) is 2.28. The number of nitrogens with one attached hydrogen (secondary N) is 2. The van der Waals surface area contributed by atoms with Crippen molar-refractivity contribution in [1.82, 2.24) is 9.44 Å². The van der Waals surface area contributed by atoms with Crippen LogP contribution in [0.3, 0.4) is 0 Å². The molecule has 0 spiro atoms. The van der Waals surface area contributed by atoms with Crippen molar-refractivity contribution in [3.05, 3.63) is 0 Å². The molecule has 0 aromatic heterocycles. The van der Waals surface area contributed by atoms with E-state index in [0.717, 1.165) is 0 Å². The molecule has 0 aromatic carbocycles. The average molecular weight is 304 g/mol. The predicted molar refractivity (Wildman–Crippen MR) is 67.3 cm³/mol. The quantitative estimate of drug-likeness (QED) is 0.432. The second-order valence-corrected chi connectivity index (χ2v) is 7.31. The molecule has 0 aliphatic heterocycles. The lowest BCUT2D eigenvalue weighted by Crippen LogP contribution is -2.35. The molecule has 0 aromatic rings. The maximum atomic E-state index is 11.4. The zero-order valence-corrected chi connectivity index (χ0v) is 12.1. The van der Waals surface area contributed by atoms with Gasteiger partial charge in [-0.3, -0.25) is 0 Å². The van der Waals surface area contributed by atoms with Crippen molar-refractivity contribution in [3.63, 3.8) is 0 Å². The van der Waals surface area contributed by atoms with E-state index in [9.17, 15) is 16.8 Å². The summed E-state index contributed by atoms with van der Waals surface area (Å²) in [6, 6.07) is 0. The Kier molecular flexibility index (Phi) is 8.65. The molecule has 0 aliphatic carbocycles. The second-order valence-electron chi connectivity index (χ2n) is 3.34. The summed E-state index contributed by atoms with van der Waals surface area (Å²) in [5, 5.41) is 0. The van der Waals surface area contributed by atoms with Gasteiger partial charge in [-0.1, -0.05) is 0 Å². The maximum Gasteiger partial charge on any atom is 0.213 e. The molecule has 0 radical (unpaired) electrons. The summed E-state index contributed by atoms with van der Waals surface area (Å²) in [5.74, 6) is -0.510. The van der Waals surface area contributed by atoms with E-state index >= 15 is 0 Å². The Labute approximate surface area is 108 Å². The molecule has 0 bridgehead atoms. The minimum absolute atomic E-state index is 0.0392. The molecule has 0 rings (SSSR count). The molecule has 0 aliphatic rings. The number of rotatable bonds is 11. The fourth-order valence-corrected chi connectivity index (χ4v) is 2.52. The lowest BCUT2D eigenvalue weighted by molar-refractivity contribution is 0.0784. The van der Waals surface area contributed by atoms with Gasteiger partial charge in [0.05, 0.1) is 31.3 Å². The fourth-order valence-electron chi connectivity index (χ4n) is 0.919. The first-order chi connectivity index (χ1) is 8.33. The molecule has 0 atom stereocenters. The number of hydrogen-bond acceptors (Lipinski definition) is 6. The molecule has 10 heteroatoms. The van der Waals surface area contributed by atoms with Crippen molar-refractivity contribution < 1.29 is 26.3 Å². The lowest BCUT2D eigenvalue weighted by Gasteiger charge is -2.07. The van der Waals surface area contributed by atoms with E-state index in [4.69, 9.17) is 9.47 Å². The lowest BCUT2D eigenvalue weighted by atomic mass is 10.7. The first-order valence-corrected chi connectivity index (χ1v) is 8.58. The largest absolute Gasteiger partial charge is 0.382 e. The van der Waals surface area contributed by atoms with Crippen LogP contribution in [0.1, 0.15) is 0 Å². The number of hydrogen-bond donors (Lipinski definition) is 2. The van der Waals surface area contributed by atoms with E-state index < -0.39 is 20.0 Å². The van der Waals surface area contributed by atoms with Gasteiger partial charge in [-0.2, -0.15) is 0 Å². The normalized spacial score (nSPS) is 12.8. The van der Waals surface area contributed by atoms with E-state index in [1.54, 1.807) is 0 Å². The standard InChI is InChI=1S/C8H20N2O6S2/c1-9-17(11,12)7-3-10-18(13,14)8-6-16-5-4-15-2/h9-10H,3-8H2,1-2H3. The number of ether oxygens (including phenoxy) is 2. The van der Waals surface area contributed by atoms with E-state index in [1.807, 2.05) is 0 Å². The molecule has 0 amide bonds. The van der Waals surface area contributed by atoms with Crippen LogP contribution < -0.4 is 9.44 Å². The van der Waals surface area contributed by atoms with Crippen LogP contribution in [0.25, 0.3) is 0 Å². The molecule has 110 valence electrons. The predicted octanol–water partition coefficient (Wildman–Crippen LogP) is -1.88. The van der Waals surface area contributed by atoms with E-state index in [2.05, 4.69) is 9.44 Å². The van der Waals surface area contributed by atoms with Gasteiger partial charge in [-0.15, -0.1) is 0 Å². The van der Waals surface area contributed by atoms with E-state index in [-0.39, 0.29) is 24.7 Å². The molecule has 0 saturated carbocycles. The fraction of sp³-hybridized carbons (Fsp3) is 1.00. The molecular formula is C8H20N2O6S2. The summed E-state index contributed by atoms with van der Waals surface area (Å²) in [7, 11) is -4.12. The first-order valence-electron chi connectivity index (χ1n) is 5.28. The van der Waals surface area contributed by atoms with Gasteiger partial charge in [0.15, 0.2) is 0 Å². The van der Waals surface area contributed by atoms with Gasteiger partial charge in [0.1, 0.15) is 0 Å². The van der Waals surface area contributed by atoms with Gasteiger partial charge in [-0.05, 0) is 7.05 Å². The summed E-state index contributed by atoms with van der Waals surface area (Å²) in [5.41, 5.74) is 0. The van der Waals surface area contributed by atoms with Crippen molar-refractivity contribution >= 4 is 20.0 Å². The molecule has 0 unspecified atom stereocenters. The van der Waals surface area contributed by atoms with Gasteiger partial charge >= 0.3 is 0 Å². The molecular weight excluding hydrogens is 284 g/mol. The van der Waals surface area contributed by atoms with E-state index in [0.29, 0.717) is 13.2 Å². The summed E-state index contributed by atoms with van der Waals surface area (Å²) in [4.78, 5) is 0. The summed E-state index contributed by atoms with van der Waals surface area (Å²) < 4.78 is 58.9. The van der Waals surface area contributed by atoms with Crippen LogP contribution in [0.2, 0.25) is 0 Å². The monoisotopic (exact) mass is 304 g/mol. The molecule has 18 heavy (non-hydrogen) atoms. The highest BCUT2D eigenvalue weighted by molar-refractivity contribution is 7.90. The molecule has 8 nitrogen and oxygen atoms in total. The summed E-state index contributed by atoms with van der Waals surface area (Å²) in [6.45, 7) is 0.592. The van der Waals surface area contributed by atoms with Crippen molar-refractivity contribution in [2.45, 2.75) is 0 Å². The Balaban J connectivity index is 3.81. The third-order valence-corrected chi connectivity index (χ3v) is 4.64. The van der Waals surface area contributed by atoms with Crippen molar-refractivity contribution in [2.24, 2.45) is 0 Å². The first kappa shape index (κ1) is 17.7. The van der Waals surface area contributed by atoms with Crippen LogP contribution in [0, 0.1) is 0 Å². The highest BCUT2D eigenvalue weighted by Crippen LogP contribution is 1.87. The molecule has 0 fully saturated rings. The second kappa shape index (κ2) is 8.77. The topological polar surface area (TPSA) is 111 Å². The number of sulfonamides is 2. The summed E-state index contributed by atoms with van der Waals surface area (Å²) >= 11 is 0. The highest BCUT2D eigenvalue weighted by atomic mass is 32.2. The van der Waals surface area contributed by atoms with E-state index in [1.165, 1.54) is 14.2 Å². The molecule has 2 N–H and O–H groups in total. The SMILES string of the molecule is CNS(=O)(=O)CCNS(=O)(=O)CCOCCOC. The summed E-state index contributed by atoms with van der Waals surface area (Å²) in [6.07, 6.45) is 0. The van der Waals surface area contributed by atoms with Crippen LogP contribution in [-0.2, 0) is 29.5 Å².